The Balaban J connectivity index is 2.02. The lowest BCUT2D eigenvalue weighted by atomic mass is 9.91. The van der Waals surface area contributed by atoms with Crippen LogP contribution in [0.1, 0.15) is 35.7 Å². The molecule has 3 nitrogen and oxygen atoms in total. The van der Waals surface area contributed by atoms with E-state index in [1.54, 1.807) is 6.08 Å². The first-order valence-corrected chi connectivity index (χ1v) is 6.39. The zero-order valence-electron chi connectivity index (χ0n) is 11.0. The number of benzene rings is 1. The SMILES string of the molecule is C=CC(=C)c1nc(C2(c3ccccc3C)CC2)no1. The lowest BCUT2D eigenvalue weighted by molar-refractivity contribution is 0.397. The van der Waals surface area contributed by atoms with Gasteiger partial charge in [0.15, 0.2) is 5.82 Å². The molecule has 3 rings (SSSR count). The minimum absolute atomic E-state index is 0.0610. The monoisotopic (exact) mass is 252 g/mol. The van der Waals surface area contributed by atoms with E-state index < -0.39 is 0 Å². The Morgan fingerprint density at radius 2 is 2.11 bits per heavy atom. The van der Waals surface area contributed by atoms with Crippen molar-refractivity contribution in [2.24, 2.45) is 0 Å². The minimum Gasteiger partial charge on any atom is -0.334 e. The summed E-state index contributed by atoms with van der Waals surface area (Å²) in [5.41, 5.74) is 3.17. The predicted molar refractivity (Wildman–Crippen MR) is 74.7 cm³/mol. The zero-order valence-corrected chi connectivity index (χ0v) is 11.0. The molecule has 1 aromatic heterocycles. The fraction of sp³-hybridized carbons (Fsp3) is 0.250. The molecule has 96 valence electrons. The fourth-order valence-electron chi connectivity index (χ4n) is 2.48. The number of aromatic nitrogens is 2. The number of hydrogen-bond donors (Lipinski definition) is 0. The smallest absolute Gasteiger partial charge is 0.257 e. The molecule has 0 atom stereocenters. The standard InChI is InChI=1S/C16H16N2O/c1-4-11(2)14-17-15(18-19-14)16(9-10-16)13-8-6-5-7-12(13)3/h4-8H,1-2,9-10H2,3H3. The maximum absolute atomic E-state index is 5.27. The van der Waals surface area contributed by atoms with Crippen molar-refractivity contribution in [2.75, 3.05) is 0 Å². The number of rotatable bonds is 4. The second kappa shape index (κ2) is 4.19. The molecule has 0 N–H and O–H groups in total. The van der Waals surface area contributed by atoms with Crippen LogP contribution in [0.15, 0.2) is 48.0 Å². The van der Waals surface area contributed by atoms with Gasteiger partial charge in [0, 0.05) is 5.57 Å². The van der Waals surface area contributed by atoms with Crippen LogP contribution in [0, 0.1) is 6.92 Å². The Kier molecular flexibility index (Phi) is 2.63. The summed E-state index contributed by atoms with van der Waals surface area (Å²) >= 11 is 0. The van der Waals surface area contributed by atoms with Gasteiger partial charge in [-0.2, -0.15) is 4.98 Å². The Hall–Kier alpha value is -2.16. The Labute approximate surface area is 112 Å². The van der Waals surface area contributed by atoms with Crippen molar-refractivity contribution in [3.63, 3.8) is 0 Å². The summed E-state index contributed by atoms with van der Waals surface area (Å²) < 4.78 is 5.27. The van der Waals surface area contributed by atoms with Gasteiger partial charge in [0.1, 0.15) is 0 Å². The number of aryl methyl sites for hydroxylation is 1. The molecular formula is C16H16N2O. The number of hydrogen-bond acceptors (Lipinski definition) is 3. The molecule has 1 aromatic carbocycles. The molecule has 0 aliphatic heterocycles. The average Bonchev–Trinajstić information content (AvgIpc) is 3.08. The molecule has 1 saturated carbocycles. The molecule has 1 fully saturated rings. The van der Waals surface area contributed by atoms with Gasteiger partial charge in [0.2, 0.25) is 0 Å². The van der Waals surface area contributed by atoms with Crippen LogP contribution < -0.4 is 0 Å². The summed E-state index contributed by atoms with van der Waals surface area (Å²) in [5.74, 6) is 1.23. The molecule has 1 aliphatic carbocycles. The van der Waals surface area contributed by atoms with Crippen LogP contribution in [0.5, 0.6) is 0 Å². The van der Waals surface area contributed by atoms with Gasteiger partial charge < -0.3 is 4.52 Å². The summed E-state index contributed by atoms with van der Waals surface area (Å²) in [6.45, 7) is 9.63. The molecule has 2 aromatic rings. The quantitative estimate of drug-likeness (QED) is 0.779. The number of allylic oxidation sites excluding steroid dienone is 2. The van der Waals surface area contributed by atoms with Crippen molar-refractivity contribution in [1.29, 1.82) is 0 Å². The summed E-state index contributed by atoms with van der Waals surface area (Å²) in [4.78, 5) is 4.48. The maximum Gasteiger partial charge on any atom is 0.257 e. The van der Waals surface area contributed by atoms with Crippen LogP contribution in [0.25, 0.3) is 5.57 Å². The van der Waals surface area contributed by atoms with Gasteiger partial charge in [0.25, 0.3) is 5.89 Å². The van der Waals surface area contributed by atoms with Crippen molar-refractivity contribution < 1.29 is 4.52 Å². The number of nitrogens with zero attached hydrogens (tertiary/aromatic N) is 2. The summed E-state index contributed by atoms with van der Waals surface area (Å²) in [6, 6.07) is 8.39. The Morgan fingerprint density at radius 1 is 1.37 bits per heavy atom. The molecule has 1 heterocycles. The second-order valence-corrected chi connectivity index (χ2v) is 5.05. The summed E-state index contributed by atoms with van der Waals surface area (Å²) in [7, 11) is 0. The van der Waals surface area contributed by atoms with Crippen molar-refractivity contribution in [3.05, 3.63) is 66.3 Å². The Bertz CT molecular complexity index is 650. The minimum atomic E-state index is -0.0610. The second-order valence-electron chi connectivity index (χ2n) is 5.05. The van der Waals surface area contributed by atoms with E-state index in [0.717, 1.165) is 18.7 Å². The summed E-state index contributed by atoms with van der Waals surface area (Å²) in [6.07, 6.45) is 3.76. The van der Waals surface area contributed by atoms with Crippen LogP contribution >= 0.6 is 0 Å². The molecular weight excluding hydrogens is 236 g/mol. The van der Waals surface area contributed by atoms with Crippen molar-refractivity contribution in [3.8, 4) is 0 Å². The van der Waals surface area contributed by atoms with Crippen LogP contribution in [-0.4, -0.2) is 10.1 Å². The third-order valence-corrected chi connectivity index (χ3v) is 3.79. The Morgan fingerprint density at radius 3 is 2.74 bits per heavy atom. The zero-order chi connectivity index (χ0) is 13.5. The third kappa shape index (κ3) is 1.82. The first kappa shape index (κ1) is 11.9. The van der Waals surface area contributed by atoms with Crippen LogP contribution in [0.2, 0.25) is 0 Å². The van der Waals surface area contributed by atoms with Gasteiger partial charge in [-0.05, 0) is 30.9 Å². The van der Waals surface area contributed by atoms with E-state index in [0.29, 0.717) is 11.5 Å². The predicted octanol–water partition coefficient (Wildman–Crippen LogP) is 3.66. The lowest BCUT2D eigenvalue weighted by Gasteiger charge is -2.13. The van der Waals surface area contributed by atoms with Gasteiger partial charge in [-0.3, -0.25) is 0 Å². The molecule has 0 radical (unpaired) electrons. The molecule has 0 spiro atoms. The fourth-order valence-corrected chi connectivity index (χ4v) is 2.48. The highest BCUT2D eigenvalue weighted by Crippen LogP contribution is 2.53. The first-order chi connectivity index (χ1) is 9.17. The lowest BCUT2D eigenvalue weighted by Crippen LogP contribution is -2.12. The molecule has 19 heavy (non-hydrogen) atoms. The largest absolute Gasteiger partial charge is 0.334 e. The van der Waals surface area contributed by atoms with E-state index in [1.165, 1.54) is 11.1 Å². The van der Waals surface area contributed by atoms with Gasteiger partial charge in [-0.25, -0.2) is 0 Å². The highest BCUT2D eigenvalue weighted by atomic mass is 16.5. The first-order valence-electron chi connectivity index (χ1n) is 6.39. The highest BCUT2D eigenvalue weighted by molar-refractivity contribution is 5.65. The van der Waals surface area contributed by atoms with Crippen LogP contribution in [-0.2, 0) is 5.41 Å². The maximum atomic E-state index is 5.27. The van der Waals surface area contributed by atoms with Gasteiger partial charge >= 0.3 is 0 Å². The third-order valence-electron chi connectivity index (χ3n) is 3.79. The normalized spacial score (nSPS) is 16.1. The molecule has 0 saturated heterocycles. The van der Waals surface area contributed by atoms with Crippen LogP contribution in [0.4, 0.5) is 0 Å². The molecule has 3 heteroatoms. The average molecular weight is 252 g/mol. The van der Waals surface area contributed by atoms with Crippen molar-refractivity contribution >= 4 is 5.57 Å². The van der Waals surface area contributed by atoms with E-state index in [4.69, 9.17) is 4.52 Å². The molecule has 1 aliphatic rings. The van der Waals surface area contributed by atoms with E-state index >= 15 is 0 Å². The van der Waals surface area contributed by atoms with Gasteiger partial charge in [-0.1, -0.05) is 48.7 Å². The molecule has 0 unspecified atom stereocenters. The summed E-state index contributed by atoms with van der Waals surface area (Å²) in [5, 5.41) is 4.14. The van der Waals surface area contributed by atoms with E-state index in [2.05, 4.69) is 54.5 Å². The van der Waals surface area contributed by atoms with Gasteiger partial charge in [0.05, 0.1) is 5.41 Å². The molecule has 0 bridgehead atoms. The van der Waals surface area contributed by atoms with Crippen LogP contribution in [0.3, 0.4) is 0 Å². The van der Waals surface area contributed by atoms with E-state index in [9.17, 15) is 0 Å². The molecule has 0 amide bonds. The van der Waals surface area contributed by atoms with E-state index in [-0.39, 0.29) is 5.41 Å². The highest BCUT2D eigenvalue weighted by Gasteiger charge is 2.50. The van der Waals surface area contributed by atoms with Crippen molar-refractivity contribution in [1.82, 2.24) is 10.1 Å². The van der Waals surface area contributed by atoms with Crippen molar-refractivity contribution in [2.45, 2.75) is 25.2 Å². The van der Waals surface area contributed by atoms with E-state index in [1.807, 2.05) is 0 Å². The topological polar surface area (TPSA) is 38.9 Å². The van der Waals surface area contributed by atoms with Gasteiger partial charge in [-0.15, -0.1) is 0 Å².